The Morgan fingerprint density at radius 2 is 2.33 bits per heavy atom. The van der Waals surface area contributed by atoms with Crippen LogP contribution in [0.4, 0.5) is 0 Å². The van der Waals surface area contributed by atoms with E-state index in [4.69, 9.17) is 4.74 Å². The molecular weight excluding hydrogens is 232 g/mol. The molecule has 102 valence electrons. The summed E-state index contributed by atoms with van der Waals surface area (Å²) in [6.45, 7) is 6.65. The lowest BCUT2D eigenvalue weighted by atomic mass is 10.2. The summed E-state index contributed by atoms with van der Waals surface area (Å²) < 4.78 is 6.70. The lowest BCUT2D eigenvalue weighted by Crippen LogP contribution is -2.28. The summed E-state index contributed by atoms with van der Waals surface area (Å²) in [6, 6.07) is 0. The van der Waals surface area contributed by atoms with Crippen molar-refractivity contribution in [1.29, 1.82) is 0 Å². The van der Waals surface area contributed by atoms with Crippen LogP contribution in [0.1, 0.15) is 19.7 Å². The third kappa shape index (κ3) is 5.37. The van der Waals surface area contributed by atoms with Gasteiger partial charge in [0.25, 0.3) is 0 Å². The molecule has 1 aromatic rings. The van der Waals surface area contributed by atoms with Crippen molar-refractivity contribution >= 4 is 5.78 Å². The van der Waals surface area contributed by atoms with E-state index in [1.54, 1.807) is 11.8 Å². The van der Waals surface area contributed by atoms with Gasteiger partial charge in [0.15, 0.2) is 5.78 Å². The molecule has 0 bridgehead atoms. The van der Waals surface area contributed by atoms with Gasteiger partial charge in [0.2, 0.25) is 0 Å². The van der Waals surface area contributed by atoms with Crippen LogP contribution in [0, 0.1) is 5.92 Å². The van der Waals surface area contributed by atoms with Crippen LogP contribution in [0.25, 0.3) is 0 Å². The number of aromatic nitrogens is 3. The molecule has 0 aromatic carbocycles. The van der Waals surface area contributed by atoms with Crippen molar-refractivity contribution in [3.63, 3.8) is 0 Å². The van der Waals surface area contributed by atoms with Crippen LogP contribution in [0.15, 0.2) is 6.33 Å². The van der Waals surface area contributed by atoms with Crippen molar-refractivity contribution in [3.8, 4) is 0 Å². The molecule has 0 atom stereocenters. The number of methoxy groups -OCH3 is 1. The molecule has 0 aliphatic carbocycles. The minimum Gasteiger partial charge on any atom is -0.383 e. The highest BCUT2D eigenvalue weighted by Crippen LogP contribution is 2.02. The second-order valence-corrected chi connectivity index (χ2v) is 4.64. The van der Waals surface area contributed by atoms with Crippen molar-refractivity contribution < 1.29 is 9.53 Å². The van der Waals surface area contributed by atoms with Gasteiger partial charge in [-0.3, -0.25) is 4.79 Å². The standard InChI is InChI=1S/C12H22N4O2/c1-10(2)8-16-12(14-9-15-16)6-11(17)7-13-4-5-18-3/h9-10,13H,4-8H2,1-3H3. The molecule has 1 heterocycles. The topological polar surface area (TPSA) is 69.0 Å². The fraction of sp³-hybridized carbons (Fsp3) is 0.750. The van der Waals surface area contributed by atoms with Gasteiger partial charge in [0.1, 0.15) is 12.2 Å². The number of nitrogens with one attached hydrogen (secondary N) is 1. The molecule has 0 aliphatic rings. The molecule has 0 saturated carbocycles. The summed E-state index contributed by atoms with van der Waals surface area (Å²) in [4.78, 5) is 15.9. The third-order valence-electron chi connectivity index (χ3n) is 2.39. The van der Waals surface area contributed by atoms with Crippen LogP contribution in [-0.2, 0) is 22.5 Å². The lowest BCUT2D eigenvalue weighted by molar-refractivity contribution is -0.117. The van der Waals surface area contributed by atoms with Gasteiger partial charge < -0.3 is 10.1 Å². The van der Waals surface area contributed by atoms with Crippen LogP contribution in [0.3, 0.4) is 0 Å². The van der Waals surface area contributed by atoms with E-state index in [9.17, 15) is 4.79 Å². The number of carbonyl (C=O) groups excluding carboxylic acids is 1. The normalized spacial score (nSPS) is 11.1. The first-order valence-electron chi connectivity index (χ1n) is 6.21. The Hall–Kier alpha value is -1.27. The average molecular weight is 254 g/mol. The molecule has 0 radical (unpaired) electrons. The molecule has 0 saturated heterocycles. The van der Waals surface area contributed by atoms with Gasteiger partial charge in [-0.15, -0.1) is 0 Å². The van der Waals surface area contributed by atoms with E-state index >= 15 is 0 Å². The van der Waals surface area contributed by atoms with Crippen molar-refractivity contribution in [2.24, 2.45) is 5.92 Å². The summed E-state index contributed by atoms with van der Waals surface area (Å²) in [5.41, 5.74) is 0. The molecule has 1 aromatic heterocycles. The first kappa shape index (κ1) is 14.8. The first-order valence-corrected chi connectivity index (χ1v) is 6.21. The van der Waals surface area contributed by atoms with E-state index in [-0.39, 0.29) is 5.78 Å². The van der Waals surface area contributed by atoms with Gasteiger partial charge in [-0.1, -0.05) is 13.8 Å². The maximum Gasteiger partial charge on any atom is 0.154 e. The molecule has 1 rings (SSSR count). The Morgan fingerprint density at radius 3 is 3.00 bits per heavy atom. The summed E-state index contributed by atoms with van der Waals surface area (Å²) in [5.74, 6) is 1.34. The van der Waals surface area contributed by atoms with Gasteiger partial charge >= 0.3 is 0 Å². The molecule has 1 N–H and O–H groups in total. The minimum atomic E-state index is 0.115. The van der Waals surface area contributed by atoms with Crippen LogP contribution in [0.2, 0.25) is 0 Å². The highest BCUT2D eigenvalue weighted by molar-refractivity contribution is 5.82. The number of nitrogens with zero attached hydrogens (tertiary/aromatic N) is 3. The van der Waals surface area contributed by atoms with E-state index in [0.717, 1.165) is 12.4 Å². The largest absolute Gasteiger partial charge is 0.383 e. The quantitative estimate of drug-likeness (QED) is 0.641. The second kappa shape index (κ2) is 7.94. The van der Waals surface area contributed by atoms with Crippen LogP contribution < -0.4 is 5.32 Å². The predicted octanol–water partition coefficient (Wildman–Crippen LogP) is 0.282. The molecule has 6 heteroatoms. The van der Waals surface area contributed by atoms with E-state index in [1.807, 2.05) is 0 Å². The Bertz CT molecular complexity index is 363. The summed E-state index contributed by atoms with van der Waals surface area (Å²) >= 11 is 0. The summed E-state index contributed by atoms with van der Waals surface area (Å²) in [5, 5.41) is 7.16. The molecule has 0 amide bonds. The molecular formula is C12H22N4O2. The molecule has 0 aliphatic heterocycles. The van der Waals surface area contributed by atoms with Crippen molar-refractivity contribution in [1.82, 2.24) is 20.1 Å². The Morgan fingerprint density at radius 1 is 1.56 bits per heavy atom. The molecule has 0 unspecified atom stereocenters. The minimum absolute atomic E-state index is 0.115. The summed E-state index contributed by atoms with van der Waals surface area (Å²) in [7, 11) is 1.64. The Kier molecular flexibility index (Phi) is 6.53. The van der Waals surface area contributed by atoms with Gasteiger partial charge in [0.05, 0.1) is 19.6 Å². The predicted molar refractivity (Wildman–Crippen MR) is 68.3 cm³/mol. The number of ketones is 1. The molecule has 0 spiro atoms. The Labute approximate surface area is 108 Å². The zero-order valence-corrected chi connectivity index (χ0v) is 11.3. The zero-order chi connectivity index (χ0) is 13.4. The highest BCUT2D eigenvalue weighted by atomic mass is 16.5. The smallest absolute Gasteiger partial charge is 0.154 e. The Balaban J connectivity index is 2.37. The third-order valence-corrected chi connectivity index (χ3v) is 2.39. The van der Waals surface area contributed by atoms with Crippen LogP contribution in [0.5, 0.6) is 0 Å². The molecule has 0 fully saturated rings. The van der Waals surface area contributed by atoms with Gasteiger partial charge in [-0.25, -0.2) is 9.67 Å². The number of carbonyl (C=O) groups is 1. The number of hydrogen-bond acceptors (Lipinski definition) is 5. The van der Waals surface area contributed by atoms with Crippen molar-refractivity contribution in [3.05, 3.63) is 12.2 Å². The van der Waals surface area contributed by atoms with E-state index < -0.39 is 0 Å². The number of rotatable bonds is 9. The maximum absolute atomic E-state index is 11.7. The number of Topliss-reactive ketones (excluding diaryl/α,β-unsaturated/α-hetero) is 1. The van der Waals surface area contributed by atoms with Gasteiger partial charge in [-0.05, 0) is 5.92 Å². The average Bonchev–Trinajstić information content (AvgIpc) is 2.71. The van der Waals surface area contributed by atoms with Crippen LogP contribution in [-0.4, -0.2) is 47.4 Å². The first-order chi connectivity index (χ1) is 8.63. The zero-order valence-electron chi connectivity index (χ0n) is 11.3. The lowest BCUT2D eigenvalue weighted by Gasteiger charge is -2.08. The van der Waals surface area contributed by atoms with Gasteiger partial charge in [-0.2, -0.15) is 5.10 Å². The fourth-order valence-electron chi connectivity index (χ4n) is 1.56. The molecule has 18 heavy (non-hydrogen) atoms. The van der Waals surface area contributed by atoms with E-state index in [2.05, 4.69) is 29.2 Å². The SMILES string of the molecule is COCCNCC(=O)Cc1ncnn1CC(C)C. The van der Waals surface area contributed by atoms with E-state index in [0.29, 0.717) is 32.0 Å². The monoisotopic (exact) mass is 254 g/mol. The maximum atomic E-state index is 11.7. The second-order valence-electron chi connectivity index (χ2n) is 4.64. The van der Waals surface area contributed by atoms with Crippen molar-refractivity contribution in [2.45, 2.75) is 26.8 Å². The van der Waals surface area contributed by atoms with E-state index in [1.165, 1.54) is 6.33 Å². The summed E-state index contributed by atoms with van der Waals surface area (Å²) in [6.07, 6.45) is 1.83. The highest BCUT2D eigenvalue weighted by Gasteiger charge is 2.10. The van der Waals surface area contributed by atoms with Gasteiger partial charge in [0, 0.05) is 20.2 Å². The fourth-order valence-corrected chi connectivity index (χ4v) is 1.56. The van der Waals surface area contributed by atoms with Crippen LogP contribution >= 0.6 is 0 Å². The molecule has 6 nitrogen and oxygen atoms in total. The number of ether oxygens (including phenoxy) is 1. The number of hydrogen-bond donors (Lipinski definition) is 1. The van der Waals surface area contributed by atoms with Crippen molar-refractivity contribution in [2.75, 3.05) is 26.8 Å².